The van der Waals surface area contributed by atoms with E-state index in [0.717, 1.165) is 0 Å². The van der Waals surface area contributed by atoms with Gasteiger partial charge in [-0.1, -0.05) is 0 Å². The van der Waals surface area contributed by atoms with Crippen LogP contribution in [0.1, 0.15) is 27.7 Å². The maximum atomic E-state index is 15.1. The fourth-order valence-electron chi connectivity index (χ4n) is 4.00. The molecule has 0 saturated carbocycles. The summed E-state index contributed by atoms with van der Waals surface area (Å²) in [6, 6.07) is 4.36. The predicted molar refractivity (Wildman–Crippen MR) is 115 cm³/mol. The van der Waals surface area contributed by atoms with E-state index in [1.807, 2.05) is 37.2 Å². The van der Waals surface area contributed by atoms with Gasteiger partial charge in [-0.2, -0.15) is 0 Å². The molecule has 3 heterocycles. The van der Waals surface area contributed by atoms with E-state index in [1.54, 1.807) is 11.0 Å². The summed E-state index contributed by atoms with van der Waals surface area (Å²) in [6.07, 6.45) is -0.377. The summed E-state index contributed by atoms with van der Waals surface area (Å²) >= 11 is 0. The molecule has 0 spiro atoms. The topological polar surface area (TPSA) is 92.1 Å². The molecule has 1 aromatic carbocycles. The molecule has 1 amide bonds. The number of fused-ring (bicyclic) bond motifs is 3. The number of hydrogen-bond donors (Lipinski definition) is 1. The van der Waals surface area contributed by atoms with Gasteiger partial charge in [-0.25, -0.2) is 18.4 Å². The fourth-order valence-corrected chi connectivity index (χ4v) is 4.00. The number of aromatic nitrogens is 3. The van der Waals surface area contributed by atoms with Crippen LogP contribution in [0.3, 0.4) is 0 Å². The molecule has 2 aromatic heterocycles. The normalized spacial score (nSPS) is 15.1. The van der Waals surface area contributed by atoms with Crippen LogP contribution < -0.4 is 16.1 Å². The van der Waals surface area contributed by atoms with Crippen LogP contribution in [-0.4, -0.2) is 56.7 Å². The van der Waals surface area contributed by atoms with Crippen LogP contribution in [0.4, 0.5) is 14.9 Å². The highest BCUT2D eigenvalue weighted by Gasteiger charge is 2.27. The Morgan fingerprint density at radius 3 is 2.39 bits per heavy atom. The number of carbonyl (C=O) groups is 1. The quantitative estimate of drug-likeness (QED) is 0.671. The molecule has 0 bridgehead atoms. The largest absolute Gasteiger partial charge is 0.444 e. The van der Waals surface area contributed by atoms with Gasteiger partial charge in [0.1, 0.15) is 17.1 Å². The van der Waals surface area contributed by atoms with Crippen molar-refractivity contribution in [1.29, 1.82) is 0 Å². The molecule has 166 valence electrons. The molecule has 1 aliphatic rings. The van der Waals surface area contributed by atoms with Gasteiger partial charge in [-0.3, -0.25) is 9.78 Å². The van der Waals surface area contributed by atoms with Crippen LogP contribution in [0.25, 0.3) is 16.7 Å². The third kappa shape index (κ3) is 3.77. The van der Waals surface area contributed by atoms with Crippen molar-refractivity contribution < 1.29 is 13.9 Å². The lowest BCUT2D eigenvalue weighted by Crippen LogP contribution is -2.50. The Labute approximate surface area is 177 Å². The number of rotatable bonds is 2. The lowest BCUT2D eigenvalue weighted by molar-refractivity contribution is 0.0240. The Bertz CT molecular complexity index is 1280. The van der Waals surface area contributed by atoms with E-state index in [4.69, 9.17) is 4.74 Å². The van der Waals surface area contributed by atoms with Gasteiger partial charge in [-0.05, 0) is 33.8 Å². The molecule has 9 nitrogen and oxygen atoms in total. The summed E-state index contributed by atoms with van der Waals surface area (Å²) in [5.74, 6) is -0.466. The van der Waals surface area contributed by atoms with Crippen molar-refractivity contribution in [1.82, 2.24) is 18.9 Å². The number of carbonyl (C=O) groups excluding carboxylic acids is 1. The molecule has 1 aliphatic heterocycles. The van der Waals surface area contributed by atoms with Crippen molar-refractivity contribution in [2.24, 2.45) is 0 Å². The van der Waals surface area contributed by atoms with Crippen molar-refractivity contribution in [3.8, 4) is 0 Å². The van der Waals surface area contributed by atoms with Crippen molar-refractivity contribution in [3.05, 3.63) is 44.9 Å². The first-order valence-corrected chi connectivity index (χ1v) is 10.3. The minimum Gasteiger partial charge on any atom is -0.444 e. The highest BCUT2D eigenvalue weighted by molar-refractivity contribution is 5.85. The Balaban J connectivity index is 1.68. The smallest absolute Gasteiger partial charge is 0.410 e. The molecular formula is C21H26FN5O4. The standard InChI is InChI=1S/C21H26FN5O4/c1-5-26-15-11-14(24-6-8-25(9-7-24)20(30)31-21(2,3)4)13(22)10-16(15)27-18(26)12-17(28)23-19(27)29/h10-12H,5-9H2,1-4H3,(H,23,28,29). The van der Waals surface area contributed by atoms with E-state index < -0.39 is 22.7 Å². The number of anilines is 1. The molecule has 0 aliphatic carbocycles. The zero-order valence-corrected chi connectivity index (χ0v) is 18.1. The lowest BCUT2D eigenvalue weighted by Gasteiger charge is -2.36. The average molecular weight is 431 g/mol. The van der Waals surface area contributed by atoms with Gasteiger partial charge in [-0.15, -0.1) is 0 Å². The number of amides is 1. The molecule has 4 rings (SSSR count). The van der Waals surface area contributed by atoms with Gasteiger partial charge in [0.2, 0.25) is 0 Å². The number of benzene rings is 1. The van der Waals surface area contributed by atoms with E-state index in [-0.39, 0.29) is 6.09 Å². The minimum atomic E-state index is -0.599. The molecule has 3 aromatic rings. The highest BCUT2D eigenvalue weighted by atomic mass is 19.1. The Morgan fingerprint density at radius 2 is 1.77 bits per heavy atom. The third-order valence-corrected chi connectivity index (χ3v) is 5.36. The molecule has 1 saturated heterocycles. The van der Waals surface area contributed by atoms with Gasteiger partial charge in [0.25, 0.3) is 5.56 Å². The number of halogens is 1. The molecule has 10 heteroatoms. The number of nitrogens with zero attached hydrogens (tertiary/aromatic N) is 4. The zero-order chi connectivity index (χ0) is 22.5. The molecular weight excluding hydrogens is 405 g/mol. The maximum Gasteiger partial charge on any atom is 0.410 e. The van der Waals surface area contributed by atoms with Crippen LogP contribution in [-0.2, 0) is 11.3 Å². The van der Waals surface area contributed by atoms with Crippen molar-refractivity contribution in [2.75, 3.05) is 31.1 Å². The number of imidazole rings is 1. The summed E-state index contributed by atoms with van der Waals surface area (Å²) in [5, 5.41) is 0. The van der Waals surface area contributed by atoms with E-state index in [2.05, 4.69) is 4.98 Å². The molecule has 31 heavy (non-hydrogen) atoms. The molecule has 0 atom stereocenters. The molecule has 1 fully saturated rings. The second kappa shape index (κ2) is 7.44. The van der Waals surface area contributed by atoms with Crippen LogP contribution in [0.15, 0.2) is 27.8 Å². The van der Waals surface area contributed by atoms with E-state index >= 15 is 4.39 Å². The lowest BCUT2D eigenvalue weighted by atomic mass is 10.2. The number of ether oxygens (including phenoxy) is 1. The maximum absolute atomic E-state index is 15.1. The first-order chi connectivity index (χ1) is 14.6. The first-order valence-electron chi connectivity index (χ1n) is 10.3. The number of piperazine rings is 1. The van der Waals surface area contributed by atoms with E-state index in [0.29, 0.717) is 55.1 Å². The van der Waals surface area contributed by atoms with Gasteiger partial charge in [0.15, 0.2) is 0 Å². The predicted octanol–water partition coefficient (Wildman–Crippen LogP) is 2.16. The van der Waals surface area contributed by atoms with Gasteiger partial charge in [0.05, 0.1) is 16.7 Å². The Morgan fingerprint density at radius 1 is 1.10 bits per heavy atom. The summed E-state index contributed by atoms with van der Waals surface area (Å²) in [6.45, 7) is 9.58. The monoisotopic (exact) mass is 431 g/mol. The first kappa shape index (κ1) is 21.0. The van der Waals surface area contributed by atoms with Gasteiger partial charge >= 0.3 is 11.8 Å². The van der Waals surface area contributed by atoms with Crippen molar-refractivity contribution in [2.45, 2.75) is 39.8 Å². The Kier molecular flexibility index (Phi) is 5.03. The average Bonchev–Trinajstić information content (AvgIpc) is 2.98. The number of aromatic amines is 1. The van der Waals surface area contributed by atoms with Crippen molar-refractivity contribution >= 4 is 28.5 Å². The van der Waals surface area contributed by atoms with Gasteiger partial charge < -0.3 is 19.1 Å². The number of aryl methyl sites for hydroxylation is 1. The third-order valence-electron chi connectivity index (χ3n) is 5.36. The number of hydrogen-bond acceptors (Lipinski definition) is 5. The zero-order valence-electron chi connectivity index (χ0n) is 18.1. The summed E-state index contributed by atoms with van der Waals surface area (Å²) in [7, 11) is 0. The van der Waals surface area contributed by atoms with Crippen LogP contribution >= 0.6 is 0 Å². The number of H-pyrrole nitrogens is 1. The summed E-state index contributed by atoms with van der Waals surface area (Å²) in [5.41, 5.74) is 0.194. The molecule has 1 N–H and O–H groups in total. The Hall–Kier alpha value is -3.30. The van der Waals surface area contributed by atoms with Gasteiger partial charge in [0, 0.05) is 44.9 Å². The molecule has 0 unspecified atom stereocenters. The fraction of sp³-hybridized carbons (Fsp3) is 0.476. The second-order valence-corrected chi connectivity index (χ2v) is 8.62. The van der Waals surface area contributed by atoms with E-state index in [1.165, 1.54) is 16.5 Å². The van der Waals surface area contributed by atoms with Crippen LogP contribution in [0.5, 0.6) is 0 Å². The van der Waals surface area contributed by atoms with E-state index in [9.17, 15) is 14.4 Å². The highest BCUT2D eigenvalue weighted by Crippen LogP contribution is 2.29. The summed E-state index contributed by atoms with van der Waals surface area (Å²) < 4.78 is 23.6. The van der Waals surface area contributed by atoms with Crippen molar-refractivity contribution in [3.63, 3.8) is 0 Å². The summed E-state index contributed by atoms with van der Waals surface area (Å²) in [4.78, 5) is 42.2. The molecule has 0 radical (unpaired) electrons. The minimum absolute atomic E-state index is 0.377. The van der Waals surface area contributed by atoms with Crippen LogP contribution in [0, 0.1) is 5.82 Å². The SMILES string of the molecule is CCn1c2cc(N3CCN(C(=O)OC(C)(C)C)CC3)c(F)cc2n2c(=O)[nH]c(=O)cc12. The second-order valence-electron chi connectivity index (χ2n) is 8.62. The number of nitrogens with one attached hydrogen (secondary N) is 1. The van der Waals surface area contributed by atoms with Crippen LogP contribution in [0.2, 0.25) is 0 Å².